The predicted molar refractivity (Wildman–Crippen MR) is 168 cm³/mol. The second-order valence-corrected chi connectivity index (χ2v) is 11.6. The maximum absolute atomic E-state index is 13.7. The number of thiazole rings is 1. The first-order valence-corrected chi connectivity index (χ1v) is 15.4. The quantitative estimate of drug-likeness (QED) is 0.0987. The molecule has 2 aromatic carbocycles. The van der Waals surface area contributed by atoms with Crippen LogP contribution in [0.1, 0.15) is 73.1 Å². The summed E-state index contributed by atoms with van der Waals surface area (Å²) in [6.07, 6.45) is 1.69. The van der Waals surface area contributed by atoms with Crippen LogP contribution in [0.2, 0.25) is 0 Å². The summed E-state index contributed by atoms with van der Waals surface area (Å²) >= 11 is 0.935. The number of aliphatic hydroxyl groups is 1. The molecule has 2 heterocycles. The molecular weight excluding hydrogens is 584 g/mol. The molecule has 0 radical (unpaired) electrons. The van der Waals surface area contributed by atoms with Crippen LogP contribution in [-0.2, 0) is 14.3 Å². The number of carbonyl (C=O) groups excluding carboxylic acids is 3. The van der Waals surface area contributed by atoms with E-state index in [1.54, 1.807) is 49.4 Å². The molecule has 0 aliphatic carbocycles. The SMILES string of the molecule is CCCOc1ccc(C(O)=C2C(=O)C(=O)N(c3nc(C)c(C(=O)OC)s3)C2c2ccc(OCCC(C)C)c(OCC)c2)cc1. The largest absolute Gasteiger partial charge is 0.507 e. The van der Waals surface area contributed by atoms with Gasteiger partial charge in [-0.15, -0.1) is 0 Å². The summed E-state index contributed by atoms with van der Waals surface area (Å²) in [7, 11) is 1.26. The third-order valence-corrected chi connectivity index (χ3v) is 8.08. The molecule has 1 atom stereocenters. The van der Waals surface area contributed by atoms with Crippen molar-refractivity contribution in [2.75, 3.05) is 31.8 Å². The molecular formula is C33H38N2O8S. The van der Waals surface area contributed by atoms with Gasteiger partial charge in [-0.05, 0) is 74.6 Å². The van der Waals surface area contributed by atoms with Crippen molar-refractivity contribution in [3.8, 4) is 17.2 Å². The van der Waals surface area contributed by atoms with Gasteiger partial charge in [-0.1, -0.05) is 38.2 Å². The topological polar surface area (TPSA) is 124 Å². The number of esters is 1. The van der Waals surface area contributed by atoms with Gasteiger partial charge in [-0.2, -0.15) is 0 Å². The lowest BCUT2D eigenvalue weighted by atomic mass is 9.95. The molecule has 234 valence electrons. The molecule has 1 N–H and O–H groups in total. The highest BCUT2D eigenvalue weighted by atomic mass is 32.1. The number of aliphatic hydroxyl groups excluding tert-OH is 1. The van der Waals surface area contributed by atoms with Gasteiger partial charge < -0.3 is 24.1 Å². The summed E-state index contributed by atoms with van der Waals surface area (Å²) in [4.78, 5) is 45.6. The Labute approximate surface area is 261 Å². The van der Waals surface area contributed by atoms with Crippen molar-refractivity contribution in [3.05, 3.63) is 69.7 Å². The zero-order valence-corrected chi connectivity index (χ0v) is 26.7. The second kappa shape index (κ2) is 14.4. The maximum atomic E-state index is 13.7. The number of rotatable bonds is 13. The lowest BCUT2D eigenvalue weighted by Gasteiger charge is -2.24. The number of nitrogens with zero attached hydrogens (tertiary/aromatic N) is 2. The van der Waals surface area contributed by atoms with E-state index in [-0.39, 0.29) is 21.3 Å². The van der Waals surface area contributed by atoms with Crippen molar-refractivity contribution in [2.24, 2.45) is 5.92 Å². The van der Waals surface area contributed by atoms with Gasteiger partial charge in [-0.3, -0.25) is 14.5 Å². The van der Waals surface area contributed by atoms with Gasteiger partial charge in [0.25, 0.3) is 5.78 Å². The number of benzene rings is 2. The standard InChI is InChI=1S/C33H38N2O8S/c1-7-16-42-23-12-9-21(10-13-23)28(36)26-27(22-11-14-24(25(18-22)41-8-2)43-17-15-19(3)4)35(31(38)29(26)37)33-34-20(5)30(44-33)32(39)40-6/h9-14,18-19,27,36H,7-8,15-17H2,1-6H3. The average Bonchev–Trinajstić information content (AvgIpc) is 3.52. The maximum Gasteiger partial charge on any atom is 0.350 e. The van der Waals surface area contributed by atoms with E-state index in [1.165, 1.54) is 12.0 Å². The Morgan fingerprint density at radius 2 is 1.75 bits per heavy atom. The highest BCUT2D eigenvalue weighted by Gasteiger charge is 2.48. The second-order valence-electron chi connectivity index (χ2n) is 10.6. The molecule has 3 aromatic rings. The summed E-state index contributed by atoms with van der Waals surface area (Å²) in [6, 6.07) is 10.7. The Bertz CT molecular complexity index is 1540. The molecule has 1 fully saturated rings. The van der Waals surface area contributed by atoms with E-state index in [0.29, 0.717) is 59.8 Å². The van der Waals surface area contributed by atoms with Gasteiger partial charge in [-0.25, -0.2) is 9.78 Å². The van der Waals surface area contributed by atoms with Crippen molar-refractivity contribution in [2.45, 2.75) is 53.5 Å². The Kier molecular flexibility index (Phi) is 10.6. The van der Waals surface area contributed by atoms with Crippen molar-refractivity contribution < 1.29 is 38.4 Å². The number of methoxy groups -OCH3 is 1. The van der Waals surface area contributed by atoms with E-state index in [1.807, 2.05) is 13.8 Å². The molecule has 1 aliphatic heterocycles. The van der Waals surface area contributed by atoms with Crippen LogP contribution < -0.4 is 19.1 Å². The Morgan fingerprint density at radius 1 is 1.02 bits per heavy atom. The average molecular weight is 623 g/mol. The lowest BCUT2D eigenvalue weighted by molar-refractivity contribution is -0.132. The van der Waals surface area contributed by atoms with Crippen LogP contribution in [0.25, 0.3) is 5.76 Å². The molecule has 1 saturated heterocycles. The number of ether oxygens (including phenoxy) is 4. The van der Waals surface area contributed by atoms with Crippen LogP contribution in [0, 0.1) is 12.8 Å². The minimum atomic E-state index is -1.08. The first-order chi connectivity index (χ1) is 21.1. The number of aromatic nitrogens is 1. The molecule has 11 heteroatoms. The van der Waals surface area contributed by atoms with Gasteiger partial charge >= 0.3 is 11.9 Å². The lowest BCUT2D eigenvalue weighted by Crippen LogP contribution is -2.29. The number of aryl methyl sites for hydroxylation is 1. The summed E-state index contributed by atoms with van der Waals surface area (Å²) < 4.78 is 22.4. The zero-order valence-electron chi connectivity index (χ0n) is 25.8. The van der Waals surface area contributed by atoms with Crippen molar-refractivity contribution in [1.82, 2.24) is 4.98 Å². The third kappa shape index (κ3) is 6.88. The first kappa shape index (κ1) is 32.5. The fourth-order valence-corrected chi connectivity index (χ4v) is 5.70. The predicted octanol–water partition coefficient (Wildman–Crippen LogP) is 6.48. The van der Waals surface area contributed by atoms with Crippen LogP contribution in [0.5, 0.6) is 17.2 Å². The Balaban J connectivity index is 1.87. The molecule has 4 rings (SSSR count). The minimum Gasteiger partial charge on any atom is -0.507 e. The molecule has 1 unspecified atom stereocenters. The van der Waals surface area contributed by atoms with Gasteiger partial charge in [0, 0.05) is 5.56 Å². The van der Waals surface area contributed by atoms with Crippen LogP contribution in [-0.4, -0.2) is 54.7 Å². The number of Topliss-reactive ketones (excluding diaryl/α,β-unsaturated/α-hetero) is 1. The van der Waals surface area contributed by atoms with Crippen molar-refractivity contribution >= 4 is 39.9 Å². The van der Waals surface area contributed by atoms with Crippen LogP contribution in [0.4, 0.5) is 5.13 Å². The number of ketones is 1. The minimum absolute atomic E-state index is 0.118. The number of carbonyl (C=O) groups is 3. The normalized spacial score (nSPS) is 16.0. The van der Waals surface area contributed by atoms with E-state index in [2.05, 4.69) is 18.8 Å². The van der Waals surface area contributed by atoms with E-state index in [4.69, 9.17) is 18.9 Å². The summed E-state index contributed by atoms with van der Waals surface area (Å²) in [5.74, 6) is -0.713. The molecule has 44 heavy (non-hydrogen) atoms. The van der Waals surface area contributed by atoms with E-state index < -0.39 is 23.7 Å². The summed E-state index contributed by atoms with van der Waals surface area (Å²) in [5.41, 5.74) is 1.05. The van der Waals surface area contributed by atoms with Gasteiger partial charge in [0.2, 0.25) is 0 Å². The van der Waals surface area contributed by atoms with E-state index in [0.717, 1.165) is 24.2 Å². The highest BCUT2D eigenvalue weighted by molar-refractivity contribution is 7.17. The number of hydrogen-bond acceptors (Lipinski definition) is 10. The molecule has 0 spiro atoms. The van der Waals surface area contributed by atoms with Crippen LogP contribution in [0.15, 0.2) is 48.0 Å². The Morgan fingerprint density at radius 3 is 2.39 bits per heavy atom. The highest BCUT2D eigenvalue weighted by Crippen LogP contribution is 2.45. The van der Waals surface area contributed by atoms with Gasteiger partial charge in [0.05, 0.1) is 44.2 Å². The molecule has 0 bridgehead atoms. The van der Waals surface area contributed by atoms with Gasteiger partial charge in [0.15, 0.2) is 16.6 Å². The monoisotopic (exact) mass is 622 g/mol. The third-order valence-electron chi connectivity index (χ3n) is 6.94. The summed E-state index contributed by atoms with van der Waals surface area (Å²) in [5, 5.41) is 11.7. The van der Waals surface area contributed by atoms with Crippen LogP contribution >= 0.6 is 11.3 Å². The van der Waals surface area contributed by atoms with E-state index >= 15 is 0 Å². The first-order valence-electron chi connectivity index (χ1n) is 14.6. The molecule has 0 saturated carbocycles. The Hall–Kier alpha value is -4.38. The molecule has 1 aromatic heterocycles. The summed E-state index contributed by atoms with van der Waals surface area (Å²) in [6.45, 7) is 11.1. The molecule has 1 amide bonds. The molecule has 1 aliphatic rings. The van der Waals surface area contributed by atoms with Gasteiger partial charge in [0.1, 0.15) is 16.4 Å². The van der Waals surface area contributed by atoms with Crippen LogP contribution in [0.3, 0.4) is 0 Å². The van der Waals surface area contributed by atoms with E-state index in [9.17, 15) is 19.5 Å². The number of anilines is 1. The zero-order chi connectivity index (χ0) is 32.0. The fourth-order valence-electron chi connectivity index (χ4n) is 4.68. The fraction of sp³-hybridized carbons (Fsp3) is 0.394. The molecule has 10 nitrogen and oxygen atoms in total. The van der Waals surface area contributed by atoms with Crippen molar-refractivity contribution in [1.29, 1.82) is 0 Å². The van der Waals surface area contributed by atoms with Crippen molar-refractivity contribution in [3.63, 3.8) is 0 Å². The smallest absolute Gasteiger partial charge is 0.350 e. The number of amides is 1. The number of hydrogen-bond donors (Lipinski definition) is 1.